The molecule has 136 valence electrons. The number of aromatic nitrogens is 1. The minimum Gasteiger partial charge on any atom is -0.481 e. The average Bonchev–Trinajstić information content (AvgIpc) is 3.01. The van der Waals surface area contributed by atoms with E-state index in [9.17, 15) is 4.79 Å². The molecular weight excluding hydrogens is 342 g/mol. The summed E-state index contributed by atoms with van der Waals surface area (Å²) in [6, 6.07) is 15.9. The molecule has 0 bridgehead atoms. The fraction of sp³-hybridized carbons (Fsp3) is 0.190. The number of nitrogens with zero attached hydrogens (tertiary/aromatic N) is 2. The summed E-state index contributed by atoms with van der Waals surface area (Å²) < 4.78 is 11.3. The highest BCUT2D eigenvalue weighted by molar-refractivity contribution is 5.94. The van der Waals surface area contributed by atoms with Gasteiger partial charge in [-0.25, -0.2) is 4.98 Å². The van der Waals surface area contributed by atoms with Crippen molar-refractivity contribution in [3.63, 3.8) is 0 Å². The van der Waals surface area contributed by atoms with Crippen molar-refractivity contribution in [3.8, 4) is 23.3 Å². The van der Waals surface area contributed by atoms with Gasteiger partial charge in [0.05, 0.1) is 17.3 Å². The van der Waals surface area contributed by atoms with Crippen LogP contribution < -0.4 is 10.1 Å². The van der Waals surface area contributed by atoms with Crippen molar-refractivity contribution in [2.75, 3.05) is 5.32 Å². The molecule has 0 aliphatic heterocycles. The molecule has 6 nitrogen and oxygen atoms in total. The van der Waals surface area contributed by atoms with Gasteiger partial charge >= 0.3 is 0 Å². The van der Waals surface area contributed by atoms with Gasteiger partial charge in [0.1, 0.15) is 11.5 Å². The Morgan fingerprint density at radius 3 is 2.59 bits per heavy atom. The molecule has 1 unspecified atom stereocenters. The Morgan fingerprint density at radius 1 is 1.22 bits per heavy atom. The van der Waals surface area contributed by atoms with Gasteiger partial charge in [-0.1, -0.05) is 6.07 Å². The number of hydrogen-bond acceptors (Lipinski definition) is 5. The molecule has 3 rings (SSSR count). The second-order valence-corrected chi connectivity index (χ2v) is 6.13. The van der Waals surface area contributed by atoms with Crippen LogP contribution in [0.3, 0.4) is 0 Å². The van der Waals surface area contributed by atoms with Gasteiger partial charge in [-0.05, 0) is 63.2 Å². The summed E-state index contributed by atoms with van der Waals surface area (Å²) in [7, 11) is 0. The normalized spacial score (nSPS) is 11.5. The number of nitriles is 1. The van der Waals surface area contributed by atoms with E-state index >= 15 is 0 Å². The zero-order chi connectivity index (χ0) is 19.4. The molecule has 0 spiro atoms. The molecule has 0 saturated carbocycles. The Morgan fingerprint density at radius 2 is 1.96 bits per heavy atom. The highest BCUT2D eigenvalue weighted by atomic mass is 16.5. The van der Waals surface area contributed by atoms with Crippen LogP contribution in [-0.4, -0.2) is 17.0 Å². The van der Waals surface area contributed by atoms with E-state index in [0.29, 0.717) is 22.9 Å². The molecule has 1 heterocycles. The number of oxazole rings is 1. The molecule has 6 heteroatoms. The first-order valence-electron chi connectivity index (χ1n) is 8.48. The van der Waals surface area contributed by atoms with Crippen LogP contribution in [0.4, 0.5) is 5.69 Å². The third kappa shape index (κ3) is 4.33. The van der Waals surface area contributed by atoms with Crippen molar-refractivity contribution < 1.29 is 13.9 Å². The molecule has 0 aliphatic rings. The summed E-state index contributed by atoms with van der Waals surface area (Å²) in [5.41, 5.74) is 2.78. The van der Waals surface area contributed by atoms with Crippen molar-refractivity contribution in [1.82, 2.24) is 4.98 Å². The lowest BCUT2D eigenvalue weighted by Crippen LogP contribution is -2.30. The number of benzene rings is 2. The first-order chi connectivity index (χ1) is 13.0. The van der Waals surface area contributed by atoms with E-state index in [1.165, 1.54) is 0 Å². The fourth-order valence-corrected chi connectivity index (χ4v) is 2.44. The Hall–Kier alpha value is -3.59. The van der Waals surface area contributed by atoms with Crippen LogP contribution in [0.25, 0.3) is 11.5 Å². The average molecular weight is 361 g/mol. The largest absolute Gasteiger partial charge is 0.481 e. The molecule has 2 aromatic carbocycles. The lowest BCUT2D eigenvalue weighted by Gasteiger charge is -2.15. The first kappa shape index (κ1) is 18.2. The van der Waals surface area contributed by atoms with Crippen LogP contribution >= 0.6 is 0 Å². The predicted molar refractivity (Wildman–Crippen MR) is 101 cm³/mol. The maximum absolute atomic E-state index is 12.4. The summed E-state index contributed by atoms with van der Waals surface area (Å²) >= 11 is 0. The minimum absolute atomic E-state index is 0.281. The monoisotopic (exact) mass is 361 g/mol. The number of rotatable bonds is 5. The molecular formula is C21H19N3O3. The number of anilines is 1. The van der Waals surface area contributed by atoms with Crippen LogP contribution in [0, 0.1) is 25.2 Å². The summed E-state index contributed by atoms with van der Waals surface area (Å²) in [6.07, 6.45) is -0.701. The summed E-state index contributed by atoms with van der Waals surface area (Å²) in [5, 5.41) is 11.6. The fourth-order valence-electron chi connectivity index (χ4n) is 2.44. The third-order valence-electron chi connectivity index (χ3n) is 4.07. The lowest BCUT2D eigenvalue weighted by atomic mass is 10.2. The van der Waals surface area contributed by atoms with Crippen molar-refractivity contribution in [1.29, 1.82) is 5.26 Å². The van der Waals surface area contributed by atoms with Gasteiger partial charge < -0.3 is 14.5 Å². The van der Waals surface area contributed by atoms with E-state index in [1.54, 1.807) is 43.3 Å². The second-order valence-electron chi connectivity index (χ2n) is 6.13. The van der Waals surface area contributed by atoms with E-state index in [0.717, 1.165) is 17.0 Å². The predicted octanol–water partition coefficient (Wildman–Crippen LogP) is 4.24. The van der Waals surface area contributed by atoms with Crippen LogP contribution in [0.1, 0.15) is 23.9 Å². The maximum Gasteiger partial charge on any atom is 0.265 e. The molecule has 1 amide bonds. The van der Waals surface area contributed by atoms with Gasteiger partial charge in [0.2, 0.25) is 5.89 Å². The smallest absolute Gasteiger partial charge is 0.265 e. The molecule has 3 aromatic rings. The number of amides is 1. The zero-order valence-corrected chi connectivity index (χ0v) is 15.3. The second kappa shape index (κ2) is 7.75. The van der Waals surface area contributed by atoms with Gasteiger partial charge in [-0.2, -0.15) is 5.26 Å². The topological polar surface area (TPSA) is 88.1 Å². The summed E-state index contributed by atoms with van der Waals surface area (Å²) in [6.45, 7) is 5.41. The number of carbonyl (C=O) groups is 1. The van der Waals surface area contributed by atoms with Crippen LogP contribution in [-0.2, 0) is 4.79 Å². The number of hydrogen-bond donors (Lipinski definition) is 1. The number of carbonyl (C=O) groups excluding carboxylic acids is 1. The zero-order valence-electron chi connectivity index (χ0n) is 15.3. The van der Waals surface area contributed by atoms with E-state index in [1.807, 2.05) is 32.0 Å². The molecule has 0 radical (unpaired) electrons. The molecule has 1 aromatic heterocycles. The van der Waals surface area contributed by atoms with Crippen molar-refractivity contribution in [2.45, 2.75) is 26.9 Å². The van der Waals surface area contributed by atoms with Crippen molar-refractivity contribution in [2.24, 2.45) is 0 Å². The number of aryl methyl sites for hydroxylation is 2. The van der Waals surface area contributed by atoms with Crippen LogP contribution in [0.2, 0.25) is 0 Å². The first-order valence-corrected chi connectivity index (χ1v) is 8.48. The van der Waals surface area contributed by atoms with E-state index in [-0.39, 0.29) is 5.91 Å². The van der Waals surface area contributed by atoms with E-state index < -0.39 is 6.10 Å². The molecule has 0 saturated heterocycles. The highest BCUT2D eigenvalue weighted by Gasteiger charge is 2.16. The molecule has 1 N–H and O–H groups in total. The number of ether oxygens (including phenoxy) is 1. The Kier molecular flexibility index (Phi) is 5.23. The van der Waals surface area contributed by atoms with Crippen molar-refractivity contribution in [3.05, 3.63) is 65.5 Å². The minimum atomic E-state index is -0.701. The Labute approximate surface area is 157 Å². The summed E-state index contributed by atoms with van der Waals surface area (Å²) in [5.74, 6) is 1.53. The van der Waals surface area contributed by atoms with Crippen LogP contribution in [0.15, 0.2) is 52.9 Å². The van der Waals surface area contributed by atoms with Gasteiger partial charge in [-0.15, -0.1) is 0 Å². The van der Waals surface area contributed by atoms with E-state index in [4.69, 9.17) is 14.4 Å². The highest BCUT2D eigenvalue weighted by Crippen LogP contribution is 2.24. The van der Waals surface area contributed by atoms with Crippen molar-refractivity contribution >= 4 is 11.6 Å². The third-order valence-corrected chi connectivity index (χ3v) is 4.07. The maximum atomic E-state index is 12.4. The SMILES string of the molecule is Cc1nc(-c2cccc(NC(=O)C(C)Oc3ccc(C#N)cc3)c2)oc1C. The Balaban J connectivity index is 1.68. The lowest BCUT2D eigenvalue weighted by molar-refractivity contribution is -0.122. The van der Waals surface area contributed by atoms with E-state index in [2.05, 4.69) is 10.3 Å². The van der Waals surface area contributed by atoms with Gasteiger partial charge in [0, 0.05) is 11.3 Å². The molecule has 27 heavy (non-hydrogen) atoms. The van der Waals surface area contributed by atoms with Gasteiger partial charge in [0.15, 0.2) is 6.10 Å². The van der Waals surface area contributed by atoms with Crippen LogP contribution in [0.5, 0.6) is 5.75 Å². The standard InChI is InChI=1S/C21H19N3O3/c1-13-14(2)27-21(23-13)17-5-4-6-18(11-17)24-20(25)15(3)26-19-9-7-16(12-22)8-10-19/h4-11,15H,1-3H3,(H,24,25). The van der Waals surface area contributed by atoms with Gasteiger partial charge in [0.25, 0.3) is 5.91 Å². The summed E-state index contributed by atoms with van der Waals surface area (Å²) in [4.78, 5) is 16.8. The quantitative estimate of drug-likeness (QED) is 0.734. The van der Waals surface area contributed by atoms with Gasteiger partial charge in [-0.3, -0.25) is 4.79 Å². The molecule has 0 aliphatic carbocycles. The number of nitrogens with one attached hydrogen (secondary N) is 1. The molecule has 1 atom stereocenters. The molecule has 0 fully saturated rings. The Bertz CT molecular complexity index is 981.